The molecule has 3 aromatic heterocycles. The van der Waals surface area contributed by atoms with Crippen molar-refractivity contribution >= 4 is 50.2 Å². The Balaban J connectivity index is 1.26. The summed E-state index contributed by atoms with van der Waals surface area (Å²) in [6, 6.07) is 7.44. The Kier molecular flexibility index (Phi) is 6.21. The molecule has 1 aromatic carbocycles. The number of aromatic nitrogens is 5. The first-order valence-electron chi connectivity index (χ1n) is 12.4. The number of anilines is 1. The zero-order chi connectivity index (χ0) is 27.4. The van der Waals surface area contributed by atoms with Gasteiger partial charge in [-0.25, -0.2) is 19.3 Å². The quantitative estimate of drug-likeness (QED) is 0.266. The number of piperidine rings is 1. The van der Waals surface area contributed by atoms with E-state index in [2.05, 4.69) is 41.3 Å². The average Bonchev–Trinajstić information content (AvgIpc) is 3.41. The lowest BCUT2D eigenvalue weighted by Gasteiger charge is -2.26. The van der Waals surface area contributed by atoms with E-state index in [9.17, 15) is 18.8 Å². The van der Waals surface area contributed by atoms with Crippen molar-refractivity contribution in [1.29, 1.82) is 0 Å². The standard InChI is InChI=1S/C27H23BrFN7O3/c1-13(37)25-18-7-15(17-10-30-14(2)31-11-17)3-5-20(18)35(34-25)12-24(38)36-21-8-16(21)9-22(36)27(39)33-23-6-4-19(29)26(28)32-23/h3-7,10-11,16,21-22H,8-9,12H2,1-2H3,(H,32,33,39)/t16?,21?,22-/m0/s1. The number of halogens is 2. The molecule has 6 rings (SSSR count). The molecule has 2 unspecified atom stereocenters. The summed E-state index contributed by atoms with van der Waals surface area (Å²) in [5.41, 5.74) is 2.53. The van der Waals surface area contributed by atoms with E-state index in [4.69, 9.17) is 0 Å². The van der Waals surface area contributed by atoms with Gasteiger partial charge in [0.1, 0.15) is 34.5 Å². The topological polar surface area (TPSA) is 123 Å². The van der Waals surface area contributed by atoms with Crippen LogP contribution in [-0.4, -0.2) is 59.3 Å². The van der Waals surface area contributed by atoms with E-state index in [1.807, 2.05) is 18.2 Å². The number of hydrogen-bond donors (Lipinski definition) is 1. The smallest absolute Gasteiger partial charge is 0.248 e. The summed E-state index contributed by atoms with van der Waals surface area (Å²) in [5.74, 6) is -0.279. The molecule has 2 aliphatic rings. The Morgan fingerprint density at radius 2 is 1.87 bits per heavy atom. The highest BCUT2D eigenvalue weighted by molar-refractivity contribution is 9.10. The molecule has 2 amide bonds. The number of fused-ring (bicyclic) bond motifs is 2. The molecule has 4 heterocycles. The third-order valence-corrected chi connectivity index (χ3v) is 7.79. The average molecular weight is 592 g/mol. The van der Waals surface area contributed by atoms with Crippen LogP contribution in [0, 0.1) is 18.7 Å². The van der Waals surface area contributed by atoms with Gasteiger partial charge in [-0.3, -0.25) is 19.1 Å². The van der Waals surface area contributed by atoms with Crippen molar-refractivity contribution in [2.45, 2.75) is 45.3 Å². The first-order valence-corrected chi connectivity index (χ1v) is 13.2. The number of rotatable bonds is 6. The van der Waals surface area contributed by atoms with Crippen LogP contribution in [-0.2, 0) is 16.1 Å². The van der Waals surface area contributed by atoms with Gasteiger partial charge in [0.25, 0.3) is 0 Å². The highest BCUT2D eigenvalue weighted by Crippen LogP contribution is 2.48. The maximum atomic E-state index is 13.6. The third kappa shape index (κ3) is 4.69. The molecule has 12 heteroatoms. The number of Topliss-reactive ketones (excluding diaryl/α,β-unsaturated/α-hetero) is 1. The molecule has 198 valence electrons. The van der Waals surface area contributed by atoms with Gasteiger partial charge in [0.15, 0.2) is 11.6 Å². The van der Waals surface area contributed by atoms with Gasteiger partial charge in [0, 0.05) is 36.3 Å². The fourth-order valence-electron chi connectivity index (χ4n) is 5.24. The number of likely N-dealkylation sites (tertiary alicyclic amines) is 1. The molecular weight excluding hydrogens is 569 g/mol. The Labute approximate surface area is 230 Å². The highest BCUT2D eigenvalue weighted by Gasteiger charge is 2.56. The van der Waals surface area contributed by atoms with Crippen molar-refractivity contribution in [2.75, 3.05) is 5.32 Å². The van der Waals surface area contributed by atoms with E-state index in [1.165, 1.54) is 23.7 Å². The number of amides is 2. The number of ketones is 1. The Hall–Kier alpha value is -4.06. The third-order valence-electron chi connectivity index (χ3n) is 7.23. The maximum Gasteiger partial charge on any atom is 0.248 e. The second-order valence-corrected chi connectivity index (χ2v) is 10.6. The summed E-state index contributed by atoms with van der Waals surface area (Å²) in [6.07, 6.45) is 4.83. The second-order valence-electron chi connectivity index (χ2n) is 9.89. The Bertz CT molecular complexity index is 1660. The van der Waals surface area contributed by atoms with Crippen molar-refractivity contribution in [3.63, 3.8) is 0 Å². The number of nitrogens with zero attached hydrogens (tertiary/aromatic N) is 6. The van der Waals surface area contributed by atoms with E-state index in [0.29, 0.717) is 23.1 Å². The zero-order valence-electron chi connectivity index (χ0n) is 21.1. The molecule has 39 heavy (non-hydrogen) atoms. The maximum absolute atomic E-state index is 13.6. The summed E-state index contributed by atoms with van der Waals surface area (Å²) < 4.78 is 15.1. The lowest BCUT2D eigenvalue weighted by Crippen LogP contribution is -2.46. The molecule has 1 aliphatic carbocycles. The number of carbonyl (C=O) groups is 3. The molecule has 0 radical (unpaired) electrons. The fraction of sp³-hybridized carbons (Fsp3) is 0.296. The molecular formula is C27H23BrFN7O3. The van der Waals surface area contributed by atoms with Crippen LogP contribution in [0.25, 0.3) is 22.0 Å². The molecule has 1 N–H and O–H groups in total. The minimum atomic E-state index is -0.672. The van der Waals surface area contributed by atoms with Crippen LogP contribution in [0.2, 0.25) is 0 Å². The van der Waals surface area contributed by atoms with Crippen molar-refractivity contribution in [2.24, 2.45) is 5.92 Å². The van der Waals surface area contributed by atoms with Crippen molar-refractivity contribution in [3.05, 3.63) is 64.7 Å². The summed E-state index contributed by atoms with van der Waals surface area (Å²) >= 11 is 3.02. The van der Waals surface area contributed by atoms with E-state index >= 15 is 0 Å². The molecule has 2 fully saturated rings. The lowest BCUT2D eigenvalue weighted by atomic mass is 10.0. The van der Waals surface area contributed by atoms with Gasteiger partial charge in [0.05, 0.1) is 5.52 Å². The van der Waals surface area contributed by atoms with Crippen LogP contribution < -0.4 is 5.32 Å². The van der Waals surface area contributed by atoms with Gasteiger partial charge in [-0.15, -0.1) is 0 Å². The summed E-state index contributed by atoms with van der Waals surface area (Å²) in [4.78, 5) is 53.2. The highest BCUT2D eigenvalue weighted by atomic mass is 79.9. The zero-order valence-corrected chi connectivity index (χ0v) is 22.6. The second kappa shape index (κ2) is 9.60. The molecule has 1 saturated carbocycles. The van der Waals surface area contributed by atoms with Crippen LogP contribution in [0.3, 0.4) is 0 Å². The van der Waals surface area contributed by atoms with Crippen molar-refractivity contribution in [1.82, 2.24) is 29.6 Å². The lowest BCUT2D eigenvalue weighted by molar-refractivity contribution is -0.138. The minimum absolute atomic E-state index is 0.00704. The summed E-state index contributed by atoms with van der Waals surface area (Å²) in [6.45, 7) is 3.12. The molecule has 1 aliphatic heterocycles. The van der Waals surface area contributed by atoms with E-state index < -0.39 is 11.9 Å². The van der Waals surface area contributed by atoms with E-state index in [-0.39, 0.29) is 52.2 Å². The normalized spacial score (nSPS) is 19.7. The molecule has 0 bridgehead atoms. The van der Waals surface area contributed by atoms with Gasteiger partial charge in [-0.2, -0.15) is 5.10 Å². The van der Waals surface area contributed by atoms with Gasteiger partial charge in [-0.1, -0.05) is 6.07 Å². The van der Waals surface area contributed by atoms with Crippen LogP contribution in [0.15, 0.2) is 47.3 Å². The monoisotopic (exact) mass is 591 g/mol. The predicted octanol–water partition coefficient (Wildman–Crippen LogP) is 3.93. The van der Waals surface area contributed by atoms with Crippen LogP contribution in [0.5, 0.6) is 0 Å². The van der Waals surface area contributed by atoms with Crippen molar-refractivity contribution in [3.8, 4) is 11.1 Å². The van der Waals surface area contributed by atoms with Crippen LogP contribution in [0.1, 0.15) is 36.1 Å². The molecule has 3 atom stereocenters. The summed E-state index contributed by atoms with van der Waals surface area (Å²) in [5, 5.41) is 7.80. The minimum Gasteiger partial charge on any atom is -0.326 e. The molecule has 1 saturated heterocycles. The Morgan fingerprint density at radius 3 is 2.59 bits per heavy atom. The van der Waals surface area contributed by atoms with Gasteiger partial charge < -0.3 is 10.2 Å². The van der Waals surface area contributed by atoms with E-state index in [1.54, 1.807) is 24.2 Å². The molecule has 10 nitrogen and oxygen atoms in total. The SMILES string of the molecule is CC(=O)c1nn(CC(=O)N2C3CC3C[C@H]2C(=O)Nc2ccc(F)c(Br)n2)c2ccc(-c3cnc(C)nc3)cc12. The number of aryl methyl sites for hydroxylation is 1. The number of nitrogens with one attached hydrogen (secondary N) is 1. The van der Waals surface area contributed by atoms with E-state index in [0.717, 1.165) is 17.5 Å². The summed E-state index contributed by atoms with van der Waals surface area (Å²) in [7, 11) is 0. The van der Waals surface area contributed by atoms with Crippen LogP contribution in [0.4, 0.5) is 10.2 Å². The molecule has 0 spiro atoms. The number of hydrogen-bond acceptors (Lipinski definition) is 7. The van der Waals surface area contributed by atoms with Crippen molar-refractivity contribution < 1.29 is 18.8 Å². The Morgan fingerprint density at radius 1 is 1.10 bits per heavy atom. The van der Waals surface area contributed by atoms with Gasteiger partial charge in [-0.05, 0) is 71.4 Å². The predicted molar refractivity (Wildman–Crippen MR) is 143 cm³/mol. The van der Waals surface area contributed by atoms with Gasteiger partial charge in [0.2, 0.25) is 11.8 Å². The fourth-order valence-corrected chi connectivity index (χ4v) is 5.56. The number of benzene rings is 1. The first-order chi connectivity index (χ1) is 18.7. The number of pyridine rings is 1. The first kappa shape index (κ1) is 25.2. The van der Waals surface area contributed by atoms with Crippen LogP contribution >= 0.6 is 15.9 Å². The van der Waals surface area contributed by atoms with Gasteiger partial charge >= 0.3 is 0 Å². The number of carbonyl (C=O) groups excluding carboxylic acids is 3. The largest absolute Gasteiger partial charge is 0.326 e. The molecule has 4 aromatic rings.